The molecule has 0 aromatic heterocycles. The van der Waals surface area contributed by atoms with Crippen molar-refractivity contribution >= 4 is 0 Å². The van der Waals surface area contributed by atoms with Crippen LogP contribution in [0.25, 0.3) is 0 Å². The maximum absolute atomic E-state index is 10.0. The van der Waals surface area contributed by atoms with Crippen molar-refractivity contribution < 1.29 is 9.84 Å². The van der Waals surface area contributed by atoms with E-state index in [1.54, 1.807) is 7.11 Å². The zero-order valence-electron chi connectivity index (χ0n) is 10.4. The fourth-order valence-electron chi connectivity index (χ4n) is 2.36. The molecule has 3 nitrogen and oxygen atoms in total. The van der Waals surface area contributed by atoms with E-state index in [-0.39, 0.29) is 6.10 Å². The molecule has 0 radical (unpaired) electrons. The second kappa shape index (κ2) is 6.03. The summed E-state index contributed by atoms with van der Waals surface area (Å²) in [5, 5.41) is 10.0. The fourth-order valence-corrected chi connectivity index (χ4v) is 2.36. The predicted molar refractivity (Wildman–Crippen MR) is 68.4 cm³/mol. The Balaban J connectivity index is 1.81. The quantitative estimate of drug-likeness (QED) is 0.843. The monoisotopic (exact) mass is 235 g/mol. The van der Waals surface area contributed by atoms with Gasteiger partial charge in [0.15, 0.2) is 0 Å². The maximum Gasteiger partial charge on any atom is 0.118 e. The van der Waals surface area contributed by atoms with E-state index in [0.717, 1.165) is 37.4 Å². The minimum atomic E-state index is -0.263. The Morgan fingerprint density at radius 1 is 1.24 bits per heavy atom. The van der Waals surface area contributed by atoms with Gasteiger partial charge in [-0.05, 0) is 50.0 Å². The van der Waals surface area contributed by atoms with Gasteiger partial charge in [-0.2, -0.15) is 0 Å². The molecule has 1 aliphatic heterocycles. The van der Waals surface area contributed by atoms with Crippen LogP contribution in [0.5, 0.6) is 5.75 Å². The van der Waals surface area contributed by atoms with Crippen molar-refractivity contribution in [2.24, 2.45) is 0 Å². The first-order valence-corrected chi connectivity index (χ1v) is 6.31. The van der Waals surface area contributed by atoms with E-state index in [1.165, 1.54) is 12.8 Å². The second-order valence-electron chi connectivity index (χ2n) is 4.71. The summed E-state index contributed by atoms with van der Waals surface area (Å²) in [5.74, 6) is 0.864. The Morgan fingerprint density at radius 3 is 2.47 bits per heavy atom. The zero-order valence-corrected chi connectivity index (χ0v) is 10.4. The largest absolute Gasteiger partial charge is 0.497 e. The van der Waals surface area contributed by atoms with Gasteiger partial charge in [0, 0.05) is 6.54 Å². The lowest BCUT2D eigenvalue weighted by molar-refractivity contribution is 0.125. The van der Waals surface area contributed by atoms with Crippen molar-refractivity contribution in [3.8, 4) is 5.75 Å². The van der Waals surface area contributed by atoms with Crippen LogP contribution >= 0.6 is 0 Å². The number of methoxy groups -OCH3 is 1. The standard InChI is InChI=1S/C14H21NO2/c1-17-14-6-4-12(5-7-14)10-13(16)11-15-8-2-3-9-15/h4-7,13,16H,2-3,8-11H2,1H3. The van der Waals surface area contributed by atoms with Gasteiger partial charge in [-0.1, -0.05) is 12.1 Å². The van der Waals surface area contributed by atoms with Crippen molar-refractivity contribution in [3.63, 3.8) is 0 Å². The molecule has 0 spiro atoms. The first-order chi connectivity index (χ1) is 8.28. The number of rotatable bonds is 5. The van der Waals surface area contributed by atoms with Crippen LogP contribution in [0.4, 0.5) is 0 Å². The average molecular weight is 235 g/mol. The summed E-state index contributed by atoms with van der Waals surface area (Å²) in [6.07, 6.45) is 3.01. The molecule has 0 bridgehead atoms. The number of aliphatic hydroxyl groups is 1. The Hall–Kier alpha value is -1.06. The highest BCUT2D eigenvalue weighted by atomic mass is 16.5. The molecule has 1 unspecified atom stereocenters. The molecule has 1 N–H and O–H groups in total. The lowest BCUT2D eigenvalue weighted by atomic mass is 10.1. The summed E-state index contributed by atoms with van der Waals surface area (Å²) >= 11 is 0. The van der Waals surface area contributed by atoms with Gasteiger partial charge >= 0.3 is 0 Å². The number of ether oxygens (including phenoxy) is 1. The third-order valence-electron chi connectivity index (χ3n) is 3.30. The zero-order chi connectivity index (χ0) is 12.1. The van der Waals surface area contributed by atoms with Crippen LogP contribution in [0.2, 0.25) is 0 Å². The summed E-state index contributed by atoms with van der Waals surface area (Å²) in [6, 6.07) is 7.92. The van der Waals surface area contributed by atoms with E-state index in [0.29, 0.717) is 0 Å². The SMILES string of the molecule is COc1ccc(CC(O)CN2CCCC2)cc1. The molecule has 1 saturated heterocycles. The number of hydrogen-bond donors (Lipinski definition) is 1. The molecule has 17 heavy (non-hydrogen) atoms. The molecular weight excluding hydrogens is 214 g/mol. The topological polar surface area (TPSA) is 32.7 Å². The number of nitrogens with zero attached hydrogens (tertiary/aromatic N) is 1. The maximum atomic E-state index is 10.0. The van der Waals surface area contributed by atoms with Crippen LogP contribution in [-0.4, -0.2) is 42.9 Å². The van der Waals surface area contributed by atoms with Gasteiger partial charge < -0.3 is 14.7 Å². The van der Waals surface area contributed by atoms with Gasteiger partial charge in [0.2, 0.25) is 0 Å². The van der Waals surface area contributed by atoms with E-state index in [4.69, 9.17) is 4.74 Å². The van der Waals surface area contributed by atoms with Crippen LogP contribution in [0, 0.1) is 0 Å². The Kier molecular flexibility index (Phi) is 4.40. The molecule has 1 aromatic rings. The van der Waals surface area contributed by atoms with E-state index in [1.807, 2.05) is 24.3 Å². The van der Waals surface area contributed by atoms with Crippen molar-refractivity contribution in [3.05, 3.63) is 29.8 Å². The predicted octanol–water partition coefficient (Wildman–Crippen LogP) is 1.69. The van der Waals surface area contributed by atoms with E-state index < -0.39 is 0 Å². The van der Waals surface area contributed by atoms with Crippen LogP contribution in [0.3, 0.4) is 0 Å². The summed E-state index contributed by atoms with van der Waals surface area (Å²) in [7, 11) is 1.66. The van der Waals surface area contributed by atoms with E-state index in [2.05, 4.69) is 4.90 Å². The molecule has 0 amide bonds. The minimum absolute atomic E-state index is 0.263. The van der Waals surface area contributed by atoms with Crippen LogP contribution in [0.15, 0.2) is 24.3 Å². The van der Waals surface area contributed by atoms with Gasteiger partial charge in [-0.15, -0.1) is 0 Å². The highest BCUT2D eigenvalue weighted by Gasteiger charge is 2.15. The summed E-state index contributed by atoms with van der Waals surface area (Å²) in [4.78, 5) is 2.34. The highest BCUT2D eigenvalue weighted by molar-refractivity contribution is 5.27. The fraction of sp³-hybridized carbons (Fsp3) is 0.571. The van der Waals surface area contributed by atoms with Gasteiger partial charge in [-0.3, -0.25) is 0 Å². The van der Waals surface area contributed by atoms with Gasteiger partial charge in [0.05, 0.1) is 13.2 Å². The minimum Gasteiger partial charge on any atom is -0.497 e. The number of aliphatic hydroxyl groups excluding tert-OH is 1. The van der Waals surface area contributed by atoms with Crippen molar-refractivity contribution in [2.75, 3.05) is 26.7 Å². The third kappa shape index (κ3) is 3.72. The Bertz CT molecular complexity index is 331. The molecule has 2 rings (SSSR count). The summed E-state index contributed by atoms with van der Waals surface area (Å²) in [6.45, 7) is 3.07. The smallest absolute Gasteiger partial charge is 0.118 e. The number of β-amino-alcohol motifs (C(OH)–C–C–N with tert-alkyl or cyclic N) is 1. The molecule has 1 aromatic carbocycles. The summed E-state index contributed by atoms with van der Waals surface area (Å²) < 4.78 is 5.11. The van der Waals surface area contributed by atoms with Gasteiger partial charge in [0.1, 0.15) is 5.75 Å². The first kappa shape index (κ1) is 12.4. The molecule has 3 heteroatoms. The number of benzene rings is 1. The van der Waals surface area contributed by atoms with Crippen LogP contribution < -0.4 is 4.74 Å². The first-order valence-electron chi connectivity index (χ1n) is 6.31. The van der Waals surface area contributed by atoms with Crippen LogP contribution in [0.1, 0.15) is 18.4 Å². The van der Waals surface area contributed by atoms with Gasteiger partial charge in [0.25, 0.3) is 0 Å². The molecule has 1 aliphatic rings. The molecule has 1 heterocycles. The highest BCUT2D eigenvalue weighted by Crippen LogP contribution is 2.14. The average Bonchev–Trinajstić information content (AvgIpc) is 2.82. The molecule has 0 saturated carbocycles. The number of hydrogen-bond acceptors (Lipinski definition) is 3. The second-order valence-corrected chi connectivity index (χ2v) is 4.71. The van der Waals surface area contributed by atoms with Crippen molar-refractivity contribution in [1.29, 1.82) is 0 Å². The third-order valence-corrected chi connectivity index (χ3v) is 3.30. The Labute approximate surface area is 103 Å². The van der Waals surface area contributed by atoms with Crippen LogP contribution in [-0.2, 0) is 6.42 Å². The molecule has 94 valence electrons. The molecule has 1 atom stereocenters. The molecular formula is C14H21NO2. The molecule has 0 aliphatic carbocycles. The lowest BCUT2D eigenvalue weighted by Gasteiger charge is -2.19. The van der Waals surface area contributed by atoms with Crippen molar-refractivity contribution in [2.45, 2.75) is 25.4 Å². The summed E-state index contributed by atoms with van der Waals surface area (Å²) in [5.41, 5.74) is 1.16. The van der Waals surface area contributed by atoms with E-state index >= 15 is 0 Å². The van der Waals surface area contributed by atoms with E-state index in [9.17, 15) is 5.11 Å². The Morgan fingerprint density at radius 2 is 1.88 bits per heavy atom. The normalized spacial score (nSPS) is 18.2. The lowest BCUT2D eigenvalue weighted by Crippen LogP contribution is -2.31. The van der Waals surface area contributed by atoms with Crippen molar-refractivity contribution in [1.82, 2.24) is 4.90 Å². The number of likely N-dealkylation sites (tertiary alicyclic amines) is 1. The van der Waals surface area contributed by atoms with Gasteiger partial charge in [-0.25, -0.2) is 0 Å². The molecule has 1 fully saturated rings.